The smallest absolute Gasteiger partial charge is 0.0514 e. The van der Waals surface area contributed by atoms with Crippen LogP contribution < -0.4 is 0 Å². The molecule has 0 aliphatic carbocycles. The van der Waals surface area contributed by atoms with E-state index >= 15 is 0 Å². The van der Waals surface area contributed by atoms with Crippen molar-refractivity contribution in [2.45, 2.75) is 102 Å². The number of hydrogen-bond donors (Lipinski definition) is 0. The van der Waals surface area contributed by atoms with Crippen molar-refractivity contribution >= 4 is 0 Å². The molecule has 0 aromatic rings. The lowest BCUT2D eigenvalue weighted by molar-refractivity contribution is -0.0490. The molecule has 0 aromatic carbocycles. The molecule has 0 amide bonds. The zero-order valence-corrected chi connectivity index (χ0v) is 17.5. The predicted molar refractivity (Wildman–Crippen MR) is 105 cm³/mol. The number of piperazine rings is 2. The number of fused-ring (bicyclic) bond motifs is 4. The molecule has 25 heavy (non-hydrogen) atoms. The second-order valence-electron chi connectivity index (χ2n) is 11.1. The Balaban J connectivity index is 1.39. The molecule has 144 valence electrons. The van der Waals surface area contributed by atoms with E-state index in [0.29, 0.717) is 11.1 Å². The molecule has 4 heterocycles. The summed E-state index contributed by atoms with van der Waals surface area (Å²) in [5.41, 5.74) is 0.652. The van der Waals surface area contributed by atoms with Crippen LogP contribution in [0.25, 0.3) is 0 Å². The molecule has 4 bridgehead atoms. The summed E-state index contributed by atoms with van der Waals surface area (Å²) in [5.74, 6) is 0. The van der Waals surface area contributed by atoms with Crippen molar-refractivity contribution in [2.24, 2.45) is 0 Å². The van der Waals surface area contributed by atoms with E-state index in [9.17, 15) is 0 Å². The van der Waals surface area contributed by atoms with Gasteiger partial charge in [0.15, 0.2) is 0 Å². The fourth-order valence-corrected chi connectivity index (χ4v) is 6.20. The molecule has 0 N–H and O–H groups in total. The van der Waals surface area contributed by atoms with Gasteiger partial charge in [-0.1, -0.05) is 0 Å². The van der Waals surface area contributed by atoms with Crippen molar-refractivity contribution in [3.63, 3.8) is 0 Å². The largest absolute Gasteiger partial charge is 0.295 e. The molecule has 4 heteroatoms. The van der Waals surface area contributed by atoms with Gasteiger partial charge in [-0.25, -0.2) is 0 Å². The van der Waals surface area contributed by atoms with Crippen molar-refractivity contribution in [1.29, 1.82) is 0 Å². The van der Waals surface area contributed by atoms with E-state index in [1.54, 1.807) is 0 Å². The monoisotopic (exact) mass is 348 g/mol. The molecular weight excluding hydrogens is 308 g/mol. The molecule has 4 saturated heterocycles. The van der Waals surface area contributed by atoms with Gasteiger partial charge in [0.1, 0.15) is 0 Å². The first-order valence-corrected chi connectivity index (χ1v) is 10.6. The van der Waals surface area contributed by atoms with Crippen molar-refractivity contribution in [3.05, 3.63) is 0 Å². The van der Waals surface area contributed by atoms with E-state index in [1.165, 1.54) is 58.5 Å². The van der Waals surface area contributed by atoms with Gasteiger partial charge in [0.25, 0.3) is 0 Å². The Labute approximate surface area is 155 Å². The number of hydrogen-bond acceptors (Lipinski definition) is 4. The van der Waals surface area contributed by atoms with Crippen molar-refractivity contribution in [1.82, 2.24) is 19.6 Å². The second kappa shape index (κ2) is 6.19. The zero-order valence-electron chi connectivity index (χ0n) is 17.5. The zero-order chi connectivity index (χ0) is 18.0. The average molecular weight is 349 g/mol. The Bertz CT molecular complexity index is 463. The minimum absolute atomic E-state index is 0.324. The minimum Gasteiger partial charge on any atom is -0.295 e. The summed E-state index contributed by atoms with van der Waals surface area (Å²) in [4.78, 5) is 11.2. The van der Waals surface area contributed by atoms with E-state index in [2.05, 4.69) is 61.1 Å². The molecule has 4 rings (SSSR count). The first-order chi connectivity index (χ1) is 11.6. The van der Waals surface area contributed by atoms with Gasteiger partial charge >= 0.3 is 0 Å². The molecule has 4 nitrogen and oxygen atoms in total. The summed E-state index contributed by atoms with van der Waals surface area (Å²) in [6, 6.07) is 3.15. The lowest BCUT2D eigenvalue weighted by atomic mass is 10.0. The molecule has 4 fully saturated rings. The van der Waals surface area contributed by atoms with E-state index in [0.717, 1.165) is 24.2 Å². The summed E-state index contributed by atoms with van der Waals surface area (Å²) in [6.07, 6.45) is 5.63. The molecule has 4 aliphatic rings. The van der Waals surface area contributed by atoms with Crippen LogP contribution in [-0.2, 0) is 0 Å². The Hall–Kier alpha value is -0.160. The Morgan fingerprint density at radius 1 is 0.640 bits per heavy atom. The van der Waals surface area contributed by atoms with Crippen LogP contribution in [0.3, 0.4) is 0 Å². The van der Waals surface area contributed by atoms with E-state index < -0.39 is 0 Å². The minimum atomic E-state index is 0.324. The van der Waals surface area contributed by atoms with Crippen LogP contribution in [0.2, 0.25) is 0 Å². The van der Waals surface area contributed by atoms with E-state index in [-0.39, 0.29) is 0 Å². The molecule has 0 aromatic heterocycles. The molecule has 4 unspecified atom stereocenters. The van der Waals surface area contributed by atoms with Gasteiger partial charge in [-0.2, -0.15) is 0 Å². The van der Waals surface area contributed by atoms with Crippen LogP contribution in [0.5, 0.6) is 0 Å². The average Bonchev–Trinajstić information content (AvgIpc) is 2.88. The molecule has 4 aliphatic heterocycles. The quantitative estimate of drug-likeness (QED) is 0.761. The lowest BCUT2D eigenvalue weighted by Crippen LogP contribution is -2.64. The highest BCUT2D eigenvalue weighted by Gasteiger charge is 2.47. The maximum absolute atomic E-state index is 2.87. The predicted octanol–water partition coefficient (Wildman–Crippen LogP) is 2.84. The highest BCUT2D eigenvalue weighted by Crippen LogP contribution is 2.38. The number of likely N-dealkylation sites (tertiary alicyclic amines) is 2. The molecule has 0 spiro atoms. The highest BCUT2D eigenvalue weighted by molar-refractivity contribution is 5.03. The summed E-state index contributed by atoms with van der Waals surface area (Å²) in [6.45, 7) is 20.7. The summed E-state index contributed by atoms with van der Waals surface area (Å²) >= 11 is 0. The van der Waals surface area contributed by atoms with Crippen LogP contribution >= 0.6 is 0 Å². The van der Waals surface area contributed by atoms with Gasteiger partial charge < -0.3 is 0 Å². The number of rotatable bonds is 2. The van der Waals surface area contributed by atoms with Gasteiger partial charge in [-0.3, -0.25) is 19.6 Å². The van der Waals surface area contributed by atoms with Crippen LogP contribution in [0, 0.1) is 0 Å². The van der Waals surface area contributed by atoms with Gasteiger partial charge in [-0.15, -0.1) is 0 Å². The first kappa shape index (κ1) is 18.2. The SMILES string of the molecule is CC(C)(C)N1CC2CCC(C1)N2CN1CC2CCC(C1)N2C(C)(C)C. The summed E-state index contributed by atoms with van der Waals surface area (Å²) < 4.78 is 0. The Morgan fingerprint density at radius 3 is 1.56 bits per heavy atom. The maximum Gasteiger partial charge on any atom is 0.0514 e. The van der Waals surface area contributed by atoms with Crippen LogP contribution in [0.15, 0.2) is 0 Å². The van der Waals surface area contributed by atoms with Crippen LogP contribution in [0.4, 0.5) is 0 Å². The topological polar surface area (TPSA) is 13.0 Å². The molecular formula is C21H40N4. The summed E-state index contributed by atoms with van der Waals surface area (Å²) in [5, 5.41) is 0. The summed E-state index contributed by atoms with van der Waals surface area (Å²) in [7, 11) is 0. The van der Waals surface area contributed by atoms with E-state index in [1.807, 2.05) is 0 Å². The third-order valence-corrected chi connectivity index (χ3v) is 7.28. The molecule has 0 saturated carbocycles. The third kappa shape index (κ3) is 3.40. The van der Waals surface area contributed by atoms with Gasteiger partial charge in [0.05, 0.1) is 6.67 Å². The Kier molecular flexibility index (Phi) is 4.51. The molecule has 0 radical (unpaired) electrons. The lowest BCUT2D eigenvalue weighted by Gasteiger charge is -2.51. The molecule has 4 atom stereocenters. The van der Waals surface area contributed by atoms with Gasteiger partial charge in [-0.05, 0) is 67.2 Å². The maximum atomic E-state index is 2.87. The number of nitrogens with zero attached hydrogens (tertiary/aromatic N) is 4. The van der Waals surface area contributed by atoms with Crippen molar-refractivity contribution < 1.29 is 0 Å². The third-order valence-electron chi connectivity index (χ3n) is 7.28. The van der Waals surface area contributed by atoms with Crippen LogP contribution in [-0.4, -0.2) is 87.7 Å². The fraction of sp³-hybridized carbons (Fsp3) is 1.00. The van der Waals surface area contributed by atoms with Crippen molar-refractivity contribution in [2.75, 3.05) is 32.8 Å². The standard InChI is InChI=1S/C21H40N4/c1-20(2,3)23-13-16-7-8-17(14-23)24(16)15-22-11-18-9-10-19(12-22)25(18)21(4,5)6/h16-19H,7-15H2,1-6H3. The van der Waals surface area contributed by atoms with Gasteiger partial charge in [0.2, 0.25) is 0 Å². The fourth-order valence-electron chi connectivity index (χ4n) is 6.20. The highest BCUT2D eigenvalue weighted by atomic mass is 15.4. The van der Waals surface area contributed by atoms with Crippen molar-refractivity contribution in [3.8, 4) is 0 Å². The normalized spacial score (nSPS) is 38.6. The first-order valence-electron chi connectivity index (χ1n) is 10.6. The van der Waals surface area contributed by atoms with Gasteiger partial charge in [0, 0.05) is 61.4 Å². The van der Waals surface area contributed by atoms with Crippen LogP contribution in [0.1, 0.15) is 67.2 Å². The van der Waals surface area contributed by atoms with E-state index in [4.69, 9.17) is 0 Å². The Morgan fingerprint density at radius 2 is 1.12 bits per heavy atom. The second-order valence-corrected chi connectivity index (χ2v) is 11.1.